The Kier molecular flexibility index (Phi) is 4.34. The Hall–Kier alpha value is -1.23. The van der Waals surface area contributed by atoms with Crippen molar-refractivity contribution in [1.82, 2.24) is 9.97 Å². The number of benzene rings is 1. The Morgan fingerprint density at radius 1 is 1.21 bits per heavy atom. The van der Waals surface area contributed by atoms with Crippen LogP contribution in [0.2, 0.25) is 15.2 Å². The highest BCUT2D eigenvalue weighted by molar-refractivity contribution is 6.42. The van der Waals surface area contributed by atoms with E-state index in [-0.39, 0.29) is 5.95 Å². The van der Waals surface area contributed by atoms with Gasteiger partial charge in [0.25, 0.3) is 0 Å². The average molecular weight is 318 g/mol. The quantitative estimate of drug-likeness (QED) is 0.878. The highest BCUT2D eigenvalue weighted by Gasteiger charge is 2.10. The molecule has 19 heavy (non-hydrogen) atoms. The molecule has 2 rings (SSSR count). The third kappa shape index (κ3) is 3.41. The molecule has 0 aliphatic rings. The van der Waals surface area contributed by atoms with Gasteiger partial charge in [0, 0.05) is 19.7 Å². The van der Waals surface area contributed by atoms with Crippen molar-refractivity contribution in [2.75, 3.05) is 17.7 Å². The standard InChI is InChI=1S/C12H11Cl3N4/c1-19(10-5-9(14)17-12(16)18-10)6-7-3-2-4-8(13)11(7)15/h2-5H,6H2,1H3,(H2,16,17,18). The molecule has 100 valence electrons. The second kappa shape index (κ2) is 5.82. The first kappa shape index (κ1) is 14.2. The number of nitrogens with zero attached hydrogens (tertiary/aromatic N) is 3. The summed E-state index contributed by atoms with van der Waals surface area (Å²) in [5, 5.41) is 1.35. The van der Waals surface area contributed by atoms with Crippen LogP contribution in [-0.2, 0) is 6.54 Å². The van der Waals surface area contributed by atoms with E-state index < -0.39 is 0 Å². The average Bonchev–Trinajstić information content (AvgIpc) is 2.33. The van der Waals surface area contributed by atoms with E-state index in [0.717, 1.165) is 5.56 Å². The summed E-state index contributed by atoms with van der Waals surface area (Å²) in [6, 6.07) is 7.12. The molecule has 4 nitrogen and oxygen atoms in total. The summed E-state index contributed by atoms with van der Waals surface area (Å²) in [6.45, 7) is 0.534. The van der Waals surface area contributed by atoms with Crippen molar-refractivity contribution in [2.45, 2.75) is 6.54 Å². The molecule has 1 aromatic carbocycles. The highest BCUT2D eigenvalue weighted by Crippen LogP contribution is 2.27. The van der Waals surface area contributed by atoms with Crippen LogP contribution in [-0.4, -0.2) is 17.0 Å². The first-order valence-corrected chi connectivity index (χ1v) is 6.55. The third-order valence-corrected chi connectivity index (χ3v) is 3.58. The smallest absolute Gasteiger partial charge is 0.223 e. The zero-order valence-electron chi connectivity index (χ0n) is 10.1. The Balaban J connectivity index is 2.25. The molecule has 1 heterocycles. The van der Waals surface area contributed by atoms with Crippen LogP contribution >= 0.6 is 34.8 Å². The van der Waals surface area contributed by atoms with E-state index in [2.05, 4.69) is 9.97 Å². The summed E-state index contributed by atoms with van der Waals surface area (Å²) in [6.07, 6.45) is 0. The normalized spacial score (nSPS) is 10.5. The minimum absolute atomic E-state index is 0.131. The zero-order valence-corrected chi connectivity index (χ0v) is 12.3. The van der Waals surface area contributed by atoms with Gasteiger partial charge in [0.05, 0.1) is 10.0 Å². The molecule has 0 fully saturated rings. The molecule has 7 heteroatoms. The number of aromatic nitrogens is 2. The summed E-state index contributed by atoms with van der Waals surface area (Å²) in [7, 11) is 1.86. The highest BCUT2D eigenvalue weighted by atomic mass is 35.5. The molecule has 0 radical (unpaired) electrons. The van der Waals surface area contributed by atoms with Gasteiger partial charge in [0.15, 0.2) is 0 Å². The molecular weight excluding hydrogens is 307 g/mol. The lowest BCUT2D eigenvalue weighted by atomic mass is 10.2. The molecule has 2 N–H and O–H groups in total. The number of anilines is 2. The van der Waals surface area contributed by atoms with E-state index in [1.165, 1.54) is 0 Å². The Morgan fingerprint density at radius 2 is 1.95 bits per heavy atom. The van der Waals surface area contributed by atoms with E-state index in [1.54, 1.807) is 12.1 Å². The molecule has 0 atom stereocenters. The fourth-order valence-electron chi connectivity index (χ4n) is 1.63. The van der Waals surface area contributed by atoms with Gasteiger partial charge in [-0.25, -0.2) is 4.98 Å². The number of halogens is 3. The van der Waals surface area contributed by atoms with Crippen LogP contribution in [0.3, 0.4) is 0 Å². The lowest BCUT2D eigenvalue weighted by Gasteiger charge is -2.19. The van der Waals surface area contributed by atoms with Gasteiger partial charge in [-0.05, 0) is 11.6 Å². The van der Waals surface area contributed by atoms with Crippen molar-refractivity contribution in [3.8, 4) is 0 Å². The molecule has 0 saturated carbocycles. The molecule has 0 spiro atoms. The first-order valence-electron chi connectivity index (χ1n) is 5.41. The topological polar surface area (TPSA) is 55.0 Å². The van der Waals surface area contributed by atoms with E-state index >= 15 is 0 Å². The minimum Gasteiger partial charge on any atom is -0.368 e. The molecule has 0 aliphatic carbocycles. The molecule has 1 aromatic heterocycles. The van der Waals surface area contributed by atoms with Gasteiger partial charge in [-0.2, -0.15) is 4.98 Å². The zero-order chi connectivity index (χ0) is 14.0. The van der Waals surface area contributed by atoms with Gasteiger partial charge in [-0.1, -0.05) is 46.9 Å². The summed E-state index contributed by atoms with van der Waals surface area (Å²) in [5.74, 6) is 0.750. The lowest BCUT2D eigenvalue weighted by molar-refractivity contribution is 0.894. The number of hydrogen-bond acceptors (Lipinski definition) is 4. The van der Waals surface area contributed by atoms with Crippen molar-refractivity contribution >= 4 is 46.6 Å². The summed E-state index contributed by atoms with van der Waals surface area (Å²) < 4.78 is 0. The lowest BCUT2D eigenvalue weighted by Crippen LogP contribution is -2.18. The summed E-state index contributed by atoms with van der Waals surface area (Å²) in [4.78, 5) is 9.79. The van der Waals surface area contributed by atoms with Crippen LogP contribution in [0, 0.1) is 0 Å². The summed E-state index contributed by atoms with van der Waals surface area (Å²) >= 11 is 18.0. The third-order valence-electron chi connectivity index (χ3n) is 2.53. The van der Waals surface area contributed by atoms with Gasteiger partial charge in [-0.15, -0.1) is 0 Å². The number of hydrogen-bond donors (Lipinski definition) is 1. The van der Waals surface area contributed by atoms with E-state index in [1.807, 2.05) is 24.1 Å². The molecule has 0 amide bonds. The first-order chi connectivity index (χ1) is 8.97. The van der Waals surface area contributed by atoms with Crippen LogP contribution < -0.4 is 10.6 Å². The predicted molar refractivity (Wildman–Crippen MR) is 80.0 cm³/mol. The van der Waals surface area contributed by atoms with E-state index in [0.29, 0.717) is 27.6 Å². The Bertz CT molecular complexity index is 583. The SMILES string of the molecule is CN(Cc1cccc(Cl)c1Cl)c1cc(Cl)nc(N)n1. The number of nitrogen functional groups attached to an aromatic ring is 1. The van der Waals surface area contributed by atoms with Gasteiger partial charge in [-0.3, -0.25) is 0 Å². The largest absolute Gasteiger partial charge is 0.368 e. The van der Waals surface area contributed by atoms with Crippen molar-refractivity contribution in [3.05, 3.63) is 45.0 Å². The monoisotopic (exact) mass is 316 g/mol. The van der Waals surface area contributed by atoms with Gasteiger partial charge in [0.1, 0.15) is 11.0 Å². The van der Waals surface area contributed by atoms with E-state index in [4.69, 9.17) is 40.5 Å². The van der Waals surface area contributed by atoms with Crippen LogP contribution in [0.25, 0.3) is 0 Å². The Labute approximate surface area is 126 Å². The molecule has 0 bridgehead atoms. The van der Waals surface area contributed by atoms with Crippen LogP contribution in [0.15, 0.2) is 24.3 Å². The molecule has 2 aromatic rings. The molecule has 0 aliphatic heterocycles. The van der Waals surface area contributed by atoms with Crippen LogP contribution in [0.5, 0.6) is 0 Å². The fourth-order valence-corrected chi connectivity index (χ4v) is 2.19. The van der Waals surface area contributed by atoms with Gasteiger partial charge >= 0.3 is 0 Å². The van der Waals surface area contributed by atoms with Crippen molar-refractivity contribution in [2.24, 2.45) is 0 Å². The second-order valence-electron chi connectivity index (χ2n) is 3.98. The van der Waals surface area contributed by atoms with Gasteiger partial charge in [0.2, 0.25) is 5.95 Å². The minimum atomic E-state index is 0.131. The molecule has 0 unspecified atom stereocenters. The van der Waals surface area contributed by atoms with Crippen LogP contribution in [0.1, 0.15) is 5.56 Å². The second-order valence-corrected chi connectivity index (χ2v) is 5.15. The maximum absolute atomic E-state index is 6.15. The predicted octanol–water partition coefficient (Wildman–Crippen LogP) is 3.66. The van der Waals surface area contributed by atoms with E-state index in [9.17, 15) is 0 Å². The van der Waals surface area contributed by atoms with Crippen molar-refractivity contribution in [3.63, 3.8) is 0 Å². The molecular formula is C12H11Cl3N4. The fraction of sp³-hybridized carbons (Fsp3) is 0.167. The molecule has 0 saturated heterocycles. The number of nitrogens with two attached hydrogens (primary N) is 1. The van der Waals surface area contributed by atoms with Crippen molar-refractivity contribution < 1.29 is 0 Å². The Morgan fingerprint density at radius 3 is 2.63 bits per heavy atom. The summed E-state index contributed by atoms with van der Waals surface area (Å²) in [5.41, 5.74) is 6.46. The van der Waals surface area contributed by atoms with Gasteiger partial charge < -0.3 is 10.6 Å². The van der Waals surface area contributed by atoms with Crippen molar-refractivity contribution in [1.29, 1.82) is 0 Å². The maximum atomic E-state index is 6.15. The number of rotatable bonds is 3. The maximum Gasteiger partial charge on any atom is 0.223 e. The van der Waals surface area contributed by atoms with Crippen LogP contribution in [0.4, 0.5) is 11.8 Å².